The number of halogens is 2. The van der Waals surface area contributed by atoms with Crippen molar-refractivity contribution in [2.24, 2.45) is 10.7 Å². The summed E-state index contributed by atoms with van der Waals surface area (Å²) in [5.74, 6) is -0.273. The Hall–Kier alpha value is -2.31. The van der Waals surface area contributed by atoms with Crippen LogP contribution in [0.3, 0.4) is 0 Å². The molecular formula is C15H14ClFN4O. The van der Waals surface area contributed by atoms with Crippen LogP contribution in [0.4, 0.5) is 15.8 Å². The van der Waals surface area contributed by atoms with Crippen molar-refractivity contribution in [1.29, 1.82) is 0 Å². The Morgan fingerprint density at radius 3 is 2.82 bits per heavy atom. The van der Waals surface area contributed by atoms with Crippen molar-refractivity contribution < 1.29 is 9.13 Å². The average molecular weight is 321 g/mol. The first-order valence-corrected chi connectivity index (χ1v) is 6.87. The smallest absolute Gasteiger partial charge is 0.170 e. The van der Waals surface area contributed by atoms with Crippen LogP contribution in [0, 0.1) is 5.82 Å². The largest absolute Gasteiger partial charge is 0.494 e. The lowest BCUT2D eigenvalue weighted by Gasteiger charge is -2.33. The van der Waals surface area contributed by atoms with Crippen LogP contribution in [0.25, 0.3) is 0 Å². The van der Waals surface area contributed by atoms with Gasteiger partial charge in [0.25, 0.3) is 0 Å². The van der Waals surface area contributed by atoms with Gasteiger partial charge < -0.3 is 15.8 Å². The van der Waals surface area contributed by atoms with E-state index < -0.39 is 11.5 Å². The van der Waals surface area contributed by atoms with E-state index in [4.69, 9.17) is 27.8 Å². The molecule has 1 unspecified atom stereocenters. The Labute approximate surface area is 131 Å². The van der Waals surface area contributed by atoms with Crippen molar-refractivity contribution in [1.82, 2.24) is 0 Å². The Bertz CT molecular complexity index is 780. The SMILES string of the molecule is COc1c(N)ccc2c1C(N)(c1cccc(Cl)c1F)N=CN2. The maximum Gasteiger partial charge on any atom is 0.170 e. The second-order valence-electron chi connectivity index (χ2n) is 4.88. The maximum atomic E-state index is 14.5. The lowest BCUT2D eigenvalue weighted by Crippen LogP contribution is -2.40. The summed E-state index contributed by atoms with van der Waals surface area (Å²) < 4.78 is 19.8. The zero-order valence-corrected chi connectivity index (χ0v) is 12.5. The number of fused-ring (bicyclic) bond motifs is 1. The molecule has 1 aliphatic rings. The van der Waals surface area contributed by atoms with Crippen molar-refractivity contribution in [3.05, 3.63) is 52.3 Å². The number of anilines is 2. The van der Waals surface area contributed by atoms with E-state index in [1.54, 1.807) is 18.2 Å². The predicted molar refractivity (Wildman–Crippen MR) is 85.9 cm³/mol. The van der Waals surface area contributed by atoms with Crippen LogP contribution in [0.5, 0.6) is 5.75 Å². The van der Waals surface area contributed by atoms with E-state index in [1.807, 2.05) is 0 Å². The lowest BCUT2D eigenvalue weighted by molar-refractivity contribution is 0.396. The minimum Gasteiger partial charge on any atom is -0.494 e. The molecule has 2 aromatic rings. The Morgan fingerprint density at radius 1 is 1.32 bits per heavy atom. The highest BCUT2D eigenvalue weighted by Gasteiger charge is 2.39. The molecule has 1 atom stereocenters. The van der Waals surface area contributed by atoms with E-state index in [0.717, 1.165) is 0 Å². The number of nitrogen functional groups attached to an aromatic ring is 1. The number of nitrogens with zero attached hydrogens (tertiary/aromatic N) is 1. The summed E-state index contributed by atoms with van der Waals surface area (Å²) in [5.41, 5.74) is 12.5. The highest BCUT2D eigenvalue weighted by Crippen LogP contribution is 2.45. The second kappa shape index (κ2) is 5.15. The van der Waals surface area contributed by atoms with Gasteiger partial charge in [0, 0.05) is 5.56 Å². The van der Waals surface area contributed by atoms with E-state index in [-0.39, 0.29) is 10.6 Å². The average Bonchev–Trinajstić information content (AvgIpc) is 2.50. The quantitative estimate of drug-likeness (QED) is 0.743. The third kappa shape index (κ3) is 2.00. The minimum absolute atomic E-state index is 0.0273. The highest BCUT2D eigenvalue weighted by atomic mass is 35.5. The van der Waals surface area contributed by atoms with E-state index in [2.05, 4.69) is 10.3 Å². The number of aliphatic imine (C=N–C) groups is 1. The molecule has 1 aliphatic heterocycles. The first kappa shape index (κ1) is 14.6. The topological polar surface area (TPSA) is 85.7 Å². The van der Waals surface area contributed by atoms with Crippen molar-refractivity contribution in [3.63, 3.8) is 0 Å². The lowest BCUT2D eigenvalue weighted by atomic mass is 9.88. The predicted octanol–water partition coefficient (Wildman–Crippen LogP) is 2.68. The van der Waals surface area contributed by atoms with E-state index >= 15 is 0 Å². The third-order valence-electron chi connectivity index (χ3n) is 3.62. The fourth-order valence-corrected chi connectivity index (χ4v) is 2.76. The van der Waals surface area contributed by atoms with Gasteiger partial charge in [-0.25, -0.2) is 9.38 Å². The van der Waals surface area contributed by atoms with Crippen LogP contribution >= 0.6 is 11.6 Å². The molecule has 5 nitrogen and oxygen atoms in total. The van der Waals surface area contributed by atoms with Crippen LogP contribution in [0.1, 0.15) is 11.1 Å². The molecule has 3 rings (SSSR count). The standard InChI is InChI=1S/C15H14ClFN4O/c1-22-14-10(18)5-6-11-12(14)15(19,21-7-20-11)8-3-2-4-9(16)13(8)17/h2-7H,18-19H2,1H3,(H,20,21). The number of methoxy groups -OCH3 is 1. The molecule has 2 aromatic carbocycles. The van der Waals surface area contributed by atoms with Crippen molar-refractivity contribution >= 4 is 29.3 Å². The van der Waals surface area contributed by atoms with Crippen LogP contribution < -0.4 is 21.5 Å². The Balaban J connectivity index is 2.33. The normalized spacial score (nSPS) is 19.5. The molecule has 0 amide bonds. The van der Waals surface area contributed by atoms with Crippen LogP contribution in [0.15, 0.2) is 35.3 Å². The molecule has 22 heavy (non-hydrogen) atoms. The van der Waals surface area contributed by atoms with Gasteiger partial charge in [-0.2, -0.15) is 0 Å². The number of rotatable bonds is 2. The molecule has 0 aromatic heterocycles. The fourth-order valence-electron chi connectivity index (χ4n) is 2.59. The molecule has 0 radical (unpaired) electrons. The maximum absolute atomic E-state index is 14.5. The molecule has 114 valence electrons. The summed E-state index contributed by atoms with van der Waals surface area (Å²) in [7, 11) is 1.47. The molecule has 0 spiro atoms. The van der Waals surface area contributed by atoms with E-state index in [9.17, 15) is 4.39 Å². The number of hydrogen-bond donors (Lipinski definition) is 3. The first-order chi connectivity index (χ1) is 10.5. The number of nitrogens with one attached hydrogen (secondary N) is 1. The van der Waals surface area contributed by atoms with Gasteiger partial charge in [0.2, 0.25) is 0 Å². The molecule has 1 heterocycles. The zero-order chi connectivity index (χ0) is 15.9. The molecule has 0 saturated heterocycles. The van der Waals surface area contributed by atoms with Gasteiger partial charge in [0.1, 0.15) is 5.82 Å². The number of hydrogen-bond acceptors (Lipinski definition) is 5. The van der Waals surface area contributed by atoms with Gasteiger partial charge in [-0.15, -0.1) is 0 Å². The van der Waals surface area contributed by atoms with Crippen LogP contribution in [0.2, 0.25) is 5.02 Å². The van der Waals surface area contributed by atoms with E-state index in [0.29, 0.717) is 22.7 Å². The summed E-state index contributed by atoms with van der Waals surface area (Å²) >= 11 is 5.87. The molecule has 7 heteroatoms. The highest BCUT2D eigenvalue weighted by molar-refractivity contribution is 6.30. The van der Waals surface area contributed by atoms with Gasteiger partial charge in [-0.05, 0) is 18.2 Å². The van der Waals surface area contributed by atoms with Gasteiger partial charge in [0.15, 0.2) is 11.4 Å². The molecular weight excluding hydrogens is 307 g/mol. The number of nitrogens with two attached hydrogens (primary N) is 2. The van der Waals surface area contributed by atoms with Gasteiger partial charge >= 0.3 is 0 Å². The fraction of sp³-hybridized carbons (Fsp3) is 0.133. The summed E-state index contributed by atoms with van der Waals surface area (Å²) in [6.07, 6.45) is 1.41. The Morgan fingerprint density at radius 2 is 2.09 bits per heavy atom. The zero-order valence-electron chi connectivity index (χ0n) is 11.7. The van der Waals surface area contributed by atoms with Crippen LogP contribution in [-0.4, -0.2) is 13.4 Å². The number of benzene rings is 2. The number of ether oxygens (including phenoxy) is 1. The third-order valence-corrected chi connectivity index (χ3v) is 3.92. The molecule has 5 N–H and O–H groups in total. The molecule has 0 aliphatic carbocycles. The monoisotopic (exact) mass is 320 g/mol. The molecule has 0 fully saturated rings. The second-order valence-corrected chi connectivity index (χ2v) is 5.29. The summed E-state index contributed by atoms with van der Waals surface area (Å²) in [5, 5.41) is 2.93. The van der Waals surface area contributed by atoms with E-state index in [1.165, 1.54) is 25.6 Å². The van der Waals surface area contributed by atoms with Gasteiger partial charge in [-0.3, -0.25) is 5.73 Å². The minimum atomic E-state index is -1.49. The van der Waals surface area contributed by atoms with Crippen molar-refractivity contribution in [2.75, 3.05) is 18.2 Å². The molecule has 0 bridgehead atoms. The summed E-state index contributed by atoms with van der Waals surface area (Å²) in [6.45, 7) is 0. The van der Waals surface area contributed by atoms with Crippen LogP contribution in [-0.2, 0) is 5.66 Å². The summed E-state index contributed by atoms with van der Waals surface area (Å²) in [6, 6.07) is 8.02. The first-order valence-electron chi connectivity index (χ1n) is 6.49. The van der Waals surface area contributed by atoms with Crippen molar-refractivity contribution in [2.45, 2.75) is 5.66 Å². The van der Waals surface area contributed by atoms with Crippen molar-refractivity contribution in [3.8, 4) is 5.75 Å². The Kier molecular flexibility index (Phi) is 3.42. The summed E-state index contributed by atoms with van der Waals surface area (Å²) in [4.78, 5) is 4.23. The van der Waals surface area contributed by atoms with Gasteiger partial charge in [-0.1, -0.05) is 23.7 Å². The van der Waals surface area contributed by atoms with Gasteiger partial charge in [0.05, 0.1) is 35.4 Å². The molecule has 0 saturated carbocycles.